The number of carbonyl (C=O) groups is 2. The number of hydrogen-bond donors (Lipinski definition) is 2. The molecular weight excluding hydrogens is 407 g/mol. The molecule has 164 valence electrons. The first-order valence-electron chi connectivity index (χ1n) is 10.3. The standard InChI is InChI=1S/C26H25FN2O3/c27-23-12-9-20(10-13-23)15-22(26(28)31)17-29-25(30)14-11-19-7-4-8-24(16-19)32-18-21-5-2-1-3-6-21/h1-14,16,22H,15,17-18H2,(H2,28,31)(H,29,30)/b14-11+. The molecule has 1 unspecified atom stereocenters. The molecule has 0 saturated heterocycles. The summed E-state index contributed by atoms with van der Waals surface area (Å²) in [5.41, 5.74) is 8.10. The van der Waals surface area contributed by atoms with Crippen molar-refractivity contribution in [2.45, 2.75) is 13.0 Å². The maximum absolute atomic E-state index is 13.0. The molecule has 0 saturated carbocycles. The van der Waals surface area contributed by atoms with Gasteiger partial charge in [0.2, 0.25) is 11.8 Å². The van der Waals surface area contributed by atoms with Crippen molar-refractivity contribution in [3.05, 3.63) is 107 Å². The molecule has 0 aliphatic carbocycles. The van der Waals surface area contributed by atoms with Crippen LogP contribution in [-0.4, -0.2) is 18.4 Å². The van der Waals surface area contributed by atoms with Crippen LogP contribution in [0.1, 0.15) is 16.7 Å². The van der Waals surface area contributed by atoms with Gasteiger partial charge in [-0.25, -0.2) is 4.39 Å². The van der Waals surface area contributed by atoms with E-state index in [0.29, 0.717) is 18.8 Å². The number of nitrogens with two attached hydrogens (primary N) is 1. The molecule has 0 aliphatic heterocycles. The minimum atomic E-state index is -0.590. The molecule has 0 fully saturated rings. The van der Waals surface area contributed by atoms with E-state index in [1.165, 1.54) is 18.2 Å². The van der Waals surface area contributed by atoms with Crippen LogP contribution in [0, 0.1) is 11.7 Å². The molecule has 0 radical (unpaired) electrons. The Morgan fingerprint density at radius 2 is 1.72 bits per heavy atom. The molecule has 0 bridgehead atoms. The highest BCUT2D eigenvalue weighted by molar-refractivity contribution is 5.92. The van der Waals surface area contributed by atoms with Crippen molar-refractivity contribution >= 4 is 17.9 Å². The van der Waals surface area contributed by atoms with Crippen molar-refractivity contribution in [3.63, 3.8) is 0 Å². The van der Waals surface area contributed by atoms with Gasteiger partial charge in [-0.2, -0.15) is 0 Å². The zero-order valence-corrected chi connectivity index (χ0v) is 17.5. The van der Waals surface area contributed by atoms with Crippen molar-refractivity contribution in [3.8, 4) is 5.75 Å². The van der Waals surface area contributed by atoms with Gasteiger partial charge in [0.25, 0.3) is 0 Å². The molecule has 32 heavy (non-hydrogen) atoms. The lowest BCUT2D eigenvalue weighted by Gasteiger charge is -2.13. The molecule has 6 heteroatoms. The summed E-state index contributed by atoms with van der Waals surface area (Å²) in [5.74, 6) is -1.11. The lowest BCUT2D eigenvalue weighted by atomic mass is 9.98. The van der Waals surface area contributed by atoms with Crippen LogP contribution in [-0.2, 0) is 22.6 Å². The van der Waals surface area contributed by atoms with Gasteiger partial charge in [0.1, 0.15) is 18.2 Å². The molecule has 2 amide bonds. The minimum Gasteiger partial charge on any atom is -0.489 e. The second kappa shape index (κ2) is 11.5. The molecule has 3 rings (SSSR count). The topological polar surface area (TPSA) is 81.4 Å². The summed E-state index contributed by atoms with van der Waals surface area (Å²) in [5, 5.41) is 2.70. The number of benzene rings is 3. The quantitative estimate of drug-likeness (QED) is 0.477. The van der Waals surface area contributed by atoms with Gasteiger partial charge in [0, 0.05) is 12.6 Å². The van der Waals surface area contributed by atoms with E-state index in [2.05, 4.69) is 5.32 Å². The van der Waals surface area contributed by atoms with E-state index in [1.54, 1.807) is 18.2 Å². The summed E-state index contributed by atoms with van der Waals surface area (Å²) in [4.78, 5) is 23.9. The summed E-state index contributed by atoms with van der Waals surface area (Å²) in [6.45, 7) is 0.549. The van der Waals surface area contributed by atoms with Crippen molar-refractivity contribution in [1.29, 1.82) is 0 Å². The molecule has 3 aromatic carbocycles. The van der Waals surface area contributed by atoms with E-state index in [-0.39, 0.29) is 18.3 Å². The van der Waals surface area contributed by atoms with Crippen LogP contribution in [0.3, 0.4) is 0 Å². The Kier molecular flexibility index (Phi) is 8.15. The van der Waals surface area contributed by atoms with E-state index >= 15 is 0 Å². The molecule has 3 N–H and O–H groups in total. The first-order valence-corrected chi connectivity index (χ1v) is 10.3. The smallest absolute Gasteiger partial charge is 0.244 e. The minimum absolute atomic E-state index is 0.0934. The first-order chi connectivity index (χ1) is 15.5. The molecule has 0 heterocycles. The third-order valence-corrected chi connectivity index (χ3v) is 4.85. The Morgan fingerprint density at radius 1 is 0.969 bits per heavy atom. The maximum Gasteiger partial charge on any atom is 0.244 e. The van der Waals surface area contributed by atoms with Crippen LogP contribution in [0.15, 0.2) is 84.9 Å². The Balaban J connectivity index is 1.51. The van der Waals surface area contributed by atoms with E-state index in [4.69, 9.17) is 10.5 Å². The van der Waals surface area contributed by atoms with Crippen molar-refractivity contribution < 1.29 is 18.7 Å². The molecular formula is C26H25FN2O3. The molecule has 0 aliphatic rings. The third kappa shape index (κ3) is 7.40. The van der Waals surface area contributed by atoms with Gasteiger partial charge >= 0.3 is 0 Å². The Labute approximate surface area is 186 Å². The summed E-state index contributed by atoms with van der Waals surface area (Å²) in [7, 11) is 0. The summed E-state index contributed by atoms with van der Waals surface area (Å²) < 4.78 is 18.8. The molecule has 0 aromatic heterocycles. The summed E-state index contributed by atoms with van der Waals surface area (Å²) >= 11 is 0. The number of nitrogens with one attached hydrogen (secondary N) is 1. The third-order valence-electron chi connectivity index (χ3n) is 4.85. The van der Waals surface area contributed by atoms with Gasteiger partial charge < -0.3 is 15.8 Å². The highest BCUT2D eigenvalue weighted by Crippen LogP contribution is 2.16. The number of halogens is 1. The Bertz CT molecular complexity index is 1070. The largest absolute Gasteiger partial charge is 0.489 e. The first kappa shape index (κ1) is 22.7. The predicted molar refractivity (Wildman–Crippen MR) is 122 cm³/mol. The highest BCUT2D eigenvalue weighted by atomic mass is 19.1. The number of ether oxygens (including phenoxy) is 1. The second-order valence-electron chi connectivity index (χ2n) is 7.36. The fraction of sp³-hybridized carbons (Fsp3) is 0.154. The maximum atomic E-state index is 13.0. The van der Waals surface area contributed by atoms with Gasteiger partial charge in [-0.15, -0.1) is 0 Å². The van der Waals surface area contributed by atoms with Crippen LogP contribution in [0.25, 0.3) is 6.08 Å². The predicted octanol–water partition coefficient (Wildman–Crippen LogP) is 3.88. The fourth-order valence-electron chi connectivity index (χ4n) is 3.08. The van der Waals surface area contributed by atoms with Gasteiger partial charge in [-0.3, -0.25) is 9.59 Å². The van der Waals surface area contributed by atoms with Gasteiger partial charge in [0.05, 0.1) is 5.92 Å². The Morgan fingerprint density at radius 3 is 2.44 bits per heavy atom. The average Bonchev–Trinajstić information content (AvgIpc) is 2.81. The van der Waals surface area contributed by atoms with Gasteiger partial charge in [0.15, 0.2) is 0 Å². The lowest BCUT2D eigenvalue weighted by Crippen LogP contribution is -2.36. The van der Waals surface area contributed by atoms with Crippen molar-refractivity contribution in [2.75, 3.05) is 6.54 Å². The number of amides is 2. The lowest BCUT2D eigenvalue weighted by molar-refractivity contribution is -0.122. The number of rotatable bonds is 10. The van der Waals surface area contributed by atoms with Gasteiger partial charge in [-0.1, -0.05) is 54.6 Å². The van der Waals surface area contributed by atoms with Crippen LogP contribution in [0.5, 0.6) is 5.75 Å². The second-order valence-corrected chi connectivity index (χ2v) is 7.36. The van der Waals surface area contributed by atoms with Crippen LogP contribution >= 0.6 is 0 Å². The van der Waals surface area contributed by atoms with E-state index in [0.717, 1.165) is 16.7 Å². The van der Waals surface area contributed by atoms with Crippen LogP contribution in [0.4, 0.5) is 4.39 Å². The van der Waals surface area contributed by atoms with E-state index < -0.39 is 11.8 Å². The number of hydrogen-bond acceptors (Lipinski definition) is 3. The molecule has 0 spiro atoms. The van der Waals surface area contributed by atoms with Crippen LogP contribution in [0.2, 0.25) is 0 Å². The van der Waals surface area contributed by atoms with E-state index in [1.807, 2.05) is 54.6 Å². The Hall–Kier alpha value is -3.93. The average molecular weight is 432 g/mol. The number of primary amides is 1. The monoisotopic (exact) mass is 432 g/mol. The zero-order chi connectivity index (χ0) is 22.8. The highest BCUT2D eigenvalue weighted by Gasteiger charge is 2.16. The van der Waals surface area contributed by atoms with Crippen molar-refractivity contribution in [1.82, 2.24) is 5.32 Å². The summed E-state index contributed by atoms with van der Waals surface area (Å²) in [6.07, 6.45) is 3.39. The fourth-order valence-corrected chi connectivity index (χ4v) is 3.08. The summed E-state index contributed by atoms with van der Waals surface area (Å²) in [6, 6.07) is 23.1. The number of carbonyl (C=O) groups excluding carboxylic acids is 2. The van der Waals surface area contributed by atoms with E-state index in [9.17, 15) is 14.0 Å². The normalized spacial score (nSPS) is 11.8. The molecule has 3 aromatic rings. The van der Waals surface area contributed by atoms with Gasteiger partial charge in [-0.05, 0) is 53.5 Å². The van der Waals surface area contributed by atoms with Crippen molar-refractivity contribution in [2.24, 2.45) is 11.7 Å². The SMILES string of the molecule is NC(=O)C(CNC(=O)/C=C/c1cccc(OCc2ccccc2)c1)Cc1ccc(F)cc1. The van der Waals surface area contributed by atoms with Crippen LogP contribution < -0.4 is 15.8 Å². The zero-order valence-electron chi connectivity index (χ0n) is 17.5. The molecule has 1 atom stereocenters. The molecule has 5 nitrogen and oxygen atoms in total.